The highest BCUT2D eigenvalue weighted by Crippen LogP contribution is 2.31. The summed E-state index contributed by atoms with van der Waals surface area (Å²) in [6, 6.07) is 16.1. The summed E-state index contributed by atoms with van der Waals surface area (Å²) in [6.45, 7) is 13.8. The Balaban J connectivity index is 1.94. The summed E-state index contributed by atoms with van der Waals surface area (Å²) in [5, 5.41) is 13.7. The van der Waals surface area contributed by atoms with Gasteiger partial charge < -0.3 is 4.98 Å². The fourth-order valence-electron chi connectivity index (χ4n) is 4.45. The van der Waals surface area contributed by atoms with Crippen molar-refractivity contribution in [1.29, 1.82) is 0 Å². The topological polar surface area (TPSA) is 79.7 Å². The standard InChI is InChI=1S/C26H32N6O/c1-7-31(16-19-11-9-8-10-12-19)23(24-28-29-30-32(24)26(4,5)6)21-15-20-14-17(2)13-18(3)22(20)27-25(21)33/h8-15,23H,7,16H2,1-6H3,(H,27,33)/t23-/m0/s1. The maximum Gasteiger partial charge on any atom is 0.253 e. The average Bonchev–Trinajstić information content (AvgIpc) is 3.25. The molecule has 0 aliphatic carbocycles. The molecule has 33 heavy (non-hydrogen) atoms. The molecule has 0 saturated heterocycles. The summed E-state index contributed by atoms with van der Waals surface area (Å²) >= 11 is 0. The second kappa shape index (κ2) is 8.90. The minimum absolute atomic E-state index is 0.116. The second-order valence-corrected chi connectivity index (χ2v) is 9.67. The van der Waals surface area contributed by atoms with Crippen molar-refractivity contribution in [1.82, 2.24) is 30.1 Å². The first-order chi connectivity index (χ1) is 15.7. The molecule has 0 aliphatic rings. The molecule has 7 heteroatoms. The molecule has 0 amide bonds. The molecular weight excluding hydrogens is 412 g/mol. The predicted octanol–water partition coefficient (Wildman–Crippen LogP) is 4.50. The Morgan fingerprint density at radius 2 is 1.82 bits per heavy atom. The Hall–Kier alpha value is -3.32. The molecule has 0 fully saturated rings. The number of rotatable bonds is 6. The maximum atomic E-state index is 13.5. The number of aryl methyl sites for hydroxylation is 2. The van der Waals surface area contributed by atoms with Gasteiger partial charge in [-0.2, -0.15) is 0 Å². The monoisotopic (exact) mass is 444 g/mol. The van der Waals surface area contributed by atoms with E-state index in [-0.39, 0.29) is 11.1 Å². The van der Waals surface area contributed by atoms with Gasteiger partial charge in [-0.25, -0.2) is 4.68 Å². The minimum atomic E-state index is -0.404. The van der Waals surface area contributed by atoms with Crippen LogP contribution in [-0.4, -0.2) is 36.6 Å². The molecule has 1 atom stereocenters. The van der Waals surface area contributed by atoms with Crippen LogP contribution in [0.15, 0.2) is 53.3 Å². The van der Waals surface area contributed by atoms with Crippen LogP contribution in [0.5, 0.6) is 0 Å². The number of H-pyrrole nitrogens is 1. The van der Waals surface area contributed by atoms with Gasteiger partial charge in [-0.05, 0) is 80.2 Å². The maximum absolute atomic E-state index is 13.5. The van der Waals surface area contributed by atoms with Crippen LogP contribution in [0.2, 0.25) is 0 Å². The molecule has 0 saturated carbocycles. The van der Waals surface area contributed by atoms with Crippen LogP contribution in [0.1, 0.15) is 61.8 Å². The van der Waals surface area contributed by atoms with Gasteiger partial charge in [-0.15, -0.1) is 5.10 Å². The molecule has 1 N–H and O–H groups in total. The van der Waals surface area contributed by atoms with Crippen LogP contribution in [0.3, 0.4) is 0 Å². The number of pyridine rings is 1. The number of hydrogen-bond acceptors (Lipinski definition) is 5. The Bertz CT molecular complexity index is 1320. The van der Waals surface area contributed by atoms with Crippen LogP contribution in [0.25, 0.3) is 10.9 Å². The van der Waals surface area contributed by atoms with Gasteiger partial charge in [0.05, 0.1) is 11.1 Å². The first-order valence-electron chi connectivity index (χ1n) is 11.4. The fourth-order valence-corrected chi connectivity index (χ4v) is 4.45. The first-order valence-corrected chi connectivity index (χ1v) is 11.4. The molecule has 0 bridgehead atoms. The summed E-state index contributed by atoms with van der Waals surface area (Å²) in [7, 11) is 0. The van der Waals surface area contributed by atoms with E-state index in [1.54, 1.807) is 0 Å². The smallest absolute Gasteiger partial charge is 0.253 e. The van der Waals surface area contributed by atoms with Crippen molar-refractivity contribution in [2.75, 3.05) is 6.54 Å². The number of fused-ring (bicyclic) bond motifs is 1. The number of hydrogen-bond donors (Lipinski definition) is 1. The second-order valence-electron chi connectivity index (χ2n) is 9.67. The van der Waals surface area contributed by atoms with E-state index in [0.29, 0.717) is 17.9 Å². The van der Waals surface area contributed by atoms with Crippen LogP contribution in [-0.2, 0) is 12.1 Å². The molecule has 2 heterocycles. The molecule has 7 nitrogen and oxygen atoms in total. The summed E-state index contributed by atoms with van der Waals surface area (Å²) in [5.74, 6) is 0.662. The summed E-state index contributed by atoms with van der Waals surface area (Å²) < 4.78 is 1.83. The van der Waals surface area contributed by atoms with Crippen molar-refractivity contribution in [2.24, 2.45) is 0 Å². The SMILES string of the molecule is CCN(Cc1ccccc1)[C@@H](c1cc2cc(C)cc(C)c2[nH]c1=O)c1nnnn1C(C)(C)C. The fraction of sp³-hybridized carbons (Fsp3) is 0.385. The zero-order valence-corrected chi connectivity index (χ0v) is 20.3. The number of benzene rings is 2. The lowest BCUT2D eigenvalue weighted by Gasteiger charge is -2.32. The molecule has 4 rings (SSSR count). The van der Waals surface area contributed by atoms with Crippen molar-refractivity contribution < 1.29 is 0 Å². The van der Waals surface area contributed by atoms with Crippen LogP contribution < -0.4 is 5.56 Å². The van der Waals surface area contributed by atoms with Crippen molar-refractivity contribution in [3.8, 4) is 0 Å². The van der Waals surface area contributed by atoms with Gasteiger partial charge in [0, 0.05) is 12.1 Å². The van der Waals surface area contributed by atoms with Crippen molar-refractivity contribution in [2.45, 2.75) is 59.7 Å². The minimum Gasteiger partial charge on any atom is -0.321 e. The Kier molecular flexibility index (Phi) is 6.17. The van der Waals surface area contributed by atoms with E-state index in [0.717, 1.165) is 28.6 Å². The molecular formula is C26H32N6O. The van der Waals surface area contributed by atoms with E-state index >= 15 is 0 Å². The van der Waals surface area contributed by atoms with Gasteiger partial charge in [0.2, 0.25) is 0 Å². The number of tetrazole rings is 1. The summed E-state index contributed by atoms with van der Waals surface area (Å²) in [5.41, 5.74) is 4.45. The number of aromatic amines is 1. The highest BCUT2D eigenvalue weighted by Gasteiger charge is 2.33. The number of nitrogens with zero attached hydrogens (tertiary/aromatic N) is 5. The van der Waals surface area contributed by atoms with Gasteiger partial charge in [0.25, 0.3) is 5.56 Å². The van der Waals surface area contributed by atoms with E-state index in [1.165, 1.54) is 5.56 Å². The molecule has 0 spiro atoms. The van der Waals surface area contributed by atoms with Crippen molar-refractivity contribution in [3.63, 3.8) is 0 Å². The lowest BCUT2D eigenvalue weighted by molar-refractivity contribution is 0.202. The van der Waals surface area contributed by atoms with E-state index < -0.39 is 6.04 Å². The number of aromatic nitrogens is 5. The highest BCUT2D eigenvalue weighted by molar-refractivity contribution is 5.83. The zero-order chi connectivity index (χ0) is 23.8. The summed E-state index contributed by atoms with van der Waals surface area (Å²) in [6.07, 6.45) is 0. The van der Waals surface area contributed by atoms with Crippen LogP contribution >= 0.6 is 0 Å². The highest BCUT2D eigenvalue weighted by atomic mass is 16.1. The van der Waals surface area contributed by atoms with E-state index in [2.05, 4.69) is 84.3 Å². The van der Waals surface area contributed by atoms with E-state index in [9.17, 15) is 4.79 Å². The van der Waals surface area contributed by atoms with Crippen molar-refractivity contribution in [3.05, 3.63) is 87.0 Å². The molecule has 0 unspecified atom stereocenters. The molecule has 4 aromatic rings. The quantitative estimate of drug-likeness (QED) is 0.474. The average molecular weight is 445 g/mol. The Morgan fingerprint density at radius 3 is 2.48 bits per heavy atom. The third-order valence-corrected chi connectivity index (χ3v) is 5.99. The number of nitrogens with one attached hydrogen (secondary N) is 1. The third kappa shape index (κ3) is 4.59. The lowest BCUT2D eigenvalue weighted by Crippen LogP contribution is -2.37. The van der Waals surface area contributed by atoms with Crippen LogP contribution in [0.4, 0.5) is 0 Å². The molecule has 0 radical (unpaired) electrons. The molecule has 172 valence electrons. The summed E-state index contributed by atoms with van der Waals surface area (Å²) in [4.78, 5) is 18.9. The lowest BCUT2D eigenvalue weighted by atomic mass is 9.99. The van der Waals surface area contributed by atoms with Gasteiger partial charge in [-0.3, -0.25) is 9.69 Å². The Labute approximate surface area is 194 Å². The van der Waals surface area contributed by atoms with Crippen molar-refractivity contribution >= 4 is 10.9 Å². The predicted molar refractivity (Wildman–Crippen MR) is 131 cm³/mol. The van der Waals surface area contributed by atoms with Gasteiger partial charge in [-0.1, -0.05) is 48.9 Å². The van der Waals surface area contributed by atoms with E-state index in [4.69, 9.17) is 0 Å². The normalized spacial score (nSPS) is 13.1. The molecule has 2 aromatic carbocycles. The van der Waals surface area contributed by atoms with Crippen LogP contribution in [0, 0.1) is 13.8 Å². The zero-order valence-electron chi connectivity index (χ0n) is 20.3. The van der Waals surface area contributed by atoms with Gasteiger partial charge >= 0.3 is 0 Å². The first kappa shape index (κ1) is 22.9. The third-order valence-electron chi connectivity index (χ3n) is 5.99. The van der Waals surface area contributed by atoms with Gasteiger partial charge in [0.1, 0.15) is 6.04 Å². The van der Waals surface area contributed by atoms with Gasteiger partial charge in [0.15, 0.2) is 5.82 Å². The van der Waals surface area contributed by atoms with E-state index in [1.807, 2.05) is 35.9 Å². The molecule has 2 aromatic heterocycles. The largest absolute Gasteiger partial charge is 0.321 e. The molecule has 0 aliphatic heterocycles. The Morgan fingerprint density at radius 1 is 1.09 bits per heavy atom.